The molecular weight excluding hydrogens is 258 g/mol. The van der Waals surface area contributed by atoms with Crippen molar-refractivity contribution in [1.82, 2.24) is 9.80 Å². The predicted octanol–water partition coefficient (Wildman–Crippen LogP) is 2.84. The number of hydrogen-bond donors (Lipinski definition) is 1. The van der Waals surface area contributed by atoms with E-state index in [0.717, 1.165) is 24.5 Å². The Labute approximate surface area is 131 Å². The molecule has 3 nitrogen and oxygen atoms in total. The average Bonchev–Trinajstić information content (AvgIpc) is 3.02. The Hall–Kier alpha value is -0.120. The van der Waals surface area contributed by atoms with Gasteiger partial charge in [-0.1, -0.05) is 26.7 Å². The molecule has 1 heterocycles. The highest BCUT2D eigenvalue weighted by Crippen LogP contribution is 2.39. The summed E-state index contributed by atoms with van der Waals surface area (Å²) in [7, 11) is 0. The minimum atomic E-state index is 0.284. The maximum absolute atomic E-state index is 6.36. The van der Waals surface area contributed by atoms with Crippen LogP contribution in [0.3, 0.4) is 0 Å². The molecule has 2 saturated carbocycles. The SMILES string of the molecule is CC(C)CCN(C1CCCC1)C1(CN)CCN(C2CC2)C1. The molecule has 0 aromatic rings. The summed E-state index contributed by atoms with van der Waals surface area (Å²) in [5, 5.41) is 0. The van der Waals surface area contributed by atoms with Crippen molar-refractivity contribution in [3.63, 3.8) is 0 Å². The molecule has 3 aliphatic rings. The van der Waals surface area contributed by atoms with Crippen LogP contribution in [0.4, 0.5) is 0 Å². The first-order valence-corrected chi connectivity index (χ1v) is 9.35. The first kappa shape index (κ1) is 15.8. The van der Waals surface area contributed by atoms with Gasteiger partial charge in [0.05, 0.1) is 0 Å². The van der Waals surface area contributed by atoms with Crippen LogP contribution >= 0.6 is 0 Å². The van der Waals surface area contributed by atoms with Crippen molar-refractivity contribution in [1.29, 1.82) is 0 Å². The molecule has 0 amide bonds. The lowest BCUT2D eigenvalue weighted by Gasteiger charge is -2.45. The molecular formula is C18H35N3. The third-order valence-corrected chi connectivity index (χ3v) is 6.13. The Morgan fingerprint density at radius 3 is 2.48 bits per heavy atom. The van der Waals surface area contributed by atoms with Crippen LogP contribution in [0, 0.1) is 5.92 Å². The topological polar surface area (TPSA) is 32.5 Å². The first-order chi connectivity index (χ1) is 10.1. The molecule has 3 heteroatoms. The lowest BCUT2D eigenvalue weighted by Crippen LogP contribution is -2.59. The van der Waals surface area contributed by atoms with Gasteiger partial charge in [-0.05, 0) is 51.0 Å². The van der Waals surface area contributed by atoms with E-state index in [0.29, 0.717) is 0 Å². The van der Waals surface area contributed by atoms with Crippen molar-refractivity contribution in [2.75, 3.05) is 26.2 Å². The van der Waals surface area contributed by atoms with E-state index in [1.54, 1.807) is 0 Å². The van der Waals surface area contributed by atoms with Crippen molar-refractivity contribution in [3.05, 3.63) is 0 Å². The summed E-state index contributed by atoms with van der Waals surface area (Å²) in [5.74, 6) is 0.796. The van der Waals surface area contributed by atoms with Crippen LogP contribution in [0.1, 0.15) is 65.2 Å². The van der Waals surface area contributed by atoms with Crippen molar-refractivity contribution >= 4 is 0 Å². The number of likely N-dealkylation sites (tertiary alicyclic amines) is 1. The molecule has 0 radical (unpaired) electrons. The van der Waals surface area contributed by atoms with E-state index in [4.69, 9.17) is 5.73 Å². The van der Waals surface area contributed by atoms with E-state index in [1.165, 1.54) is 71.0 Å². The van der Waals surface area contributed by atoms with Gasteiger partial charge in [0.25, 0.3) is 0 Å². The highest BCUT2D eigenvalue weighted by Gasteiger charge is 2.47. The number of nitrogens with zero attached hydrogens (tertiary/aromatic N) is 2. The average molecular weight is 293 g/mol. The molecule has 122 valence electrons. The van der Waals surface area contributed by atoms with Crippen LogP contribution in [0.15, 0.2) is 0 Å². The lowest BCUT2D eigenvalue weighted by atomic mass is 9.92. The lowest BCUT2D eigenvalue weighted by molar-refractivity contribution is 0.0492. The maximum Gasteiger partial charge on any atom is 0.0473 e. The quantitative estimate of drug-likeness (QED) is 0.783. The fraction of sp³-hybridized carbons (Fsp3) is 1.00. The van der Waals surface area contributed by atoms with Crippen LogP contribution in [0.5, 0.6) is 0 Å². The summed E-state index contributed by atoms with van der Waals surface area (Å²) in [5.41, 5.74) is 6.64. The van der Waals surface area contributed by atoms with E-state index in [-0.39, 0.29) is 5.54 Å². The highest BCUT2D eigenvalue weighted by atomic mass is 15.3. The molecule has 3 fully saturated rings. The molecule has 3 rings (SSSR count). The second-order valence-electron chi connectivity index (χ2n) is 8.19. The maximum atomic E-state index is 6.36. The van der Waals surface area contributed by atoms with Crippen molar-refractivity contribution in [2.24, 2.45) is 11.7 Å². The van der Waals surface area contributed by atoms with Gasteiger partial charge in [-0.2, -0.15) is 0 Å². The minimum absolute atomic E-state index is 0.284. The van der Waals surface area contributed by atoms with Gasteiger partial charge in [0.1, 0.15) is 0 Å². The van der Waals surface area contributed by atoms with Crippen molar-refractivity contribution in [2.45, 2.75) is 82.8 Å². The Kier molecular flexibility index (Phi) is 4.92. The van der Waals surface area contributed by atoms with Crippen LogP contribution in [-0.4, -0.2) is 53.6 Å². The summed E-state index contributed by atoms with van der Waals surface area (Å²) in [6.45, 7) is 9.35. The van der Waals surface area contributed by atoms with Crippen LogP contribution in [0.25, 0.3) is 0 Å². The predicted molar refractivity (Wildman–Crippen MR) is 89.4 cm³/mol. The van der Waals surface area contributed by atoms with Crippen LogP contribution in [-0.2, 0) is 0 Å². The molecule has 21 heavy (non-hydrogen) atoms. The molecule has 1 aliphatic heterocycles. The Morgan fingerprint density at radius 2 is 1.90 bits per heavy atom. The molecule has 1 atom stereocenters. The number of nitrogens with two attached hydrogens (primary N) is 1. The summed E-state index contributed by atoms with van der Waals surface area (Å²) >= 11 is 0. The second kappa shape index (κ2) is 6.55. The van der Waals surface area contributed by atoms with E-state index < -0.39 is 0 Å². The van der Waals surface area contributed by atoms with E-state index in [9.17, 15) is 0 Å². The second-order valence-corrected chi connectivity index (χ2v) is 8.19. The zero-order chi connectivity index (χ0) is 14.9. The monoisotopic (exact) mass is 293 g/mol. The number of rotatable bonds is 7. The normalized spacial score (nSPS) is 31.9. The molecule has 0 aromatic heterocycles. The standard InChI is InChI=1S/C18H35N3/c1-15(2)9-11-21(17-5-3-4-6-17)18(13-19)10-12-20(14-18)16-7-8-16/h15-17H,3-14,19H2,1-2H3. The van der Waals surface area contributed by atoms with E-state index in [1.807, 2.05) is 0 Å². The summed E-state index contributed by atoms with van der Waals surface area (Å²) < 4.78 is 0. The third kappa shape index (κ3) is 3.46. The van der Waals surface area contributed by atoms with Gasteiger partial charge in [0, 0.05) is 37.3 Å². The van der Waals surface area contributed by atoms with E-state index >= 15 is 0 Å². The largest absolute Gasteiger partial charge is 0.329 e. The fourth-order valence-corrected chi connectivity index (χ4v) is 4.58. The van der Waals surface area contributed by atoms with Gasteiger partial charge in [0.15, 0.2) is 0 Å². The minimum Gasteiger partial charge on any atom is -0.329 e. The van der Waals surface area contributed by atoms with Gasteiger partial charge >= 0.3 is 0 Å². The first-order valence-electron chi connectivity index (χ1n) is 9.35. The molecule has 2 N–H and O–H groups in total. The molecule has 1 unspecified atom stereocenters. The van der Waals surface area contributed by atoms with Crippen molar-refractivity contribution < 1.29 is 0 Å². The highest BCUT2D eigenvalue weighted by molar-refractivity contribution is 5.05. The zero-order valence-electron chi connectivity index (χ0n) is 14.2. The molecule has 1 saturated heterocycles. The van der Waals surface area contributed by atoms with Gasteiger partial charge in [0.2, 0.25) is 0 Å². The smallest absolute Gasteiger partial charge is 0.0473 e. The van der Waals surface area contributed by atoms with E-state index in [2.05, 4.69) is 23.6 Å². The Balaban J connectivity index is 1.71. The van der Waals surface area contributed by atoms with Crippen molar-refractivity contribution in [3.8, 4) is 0 Å². The summed E-state index contributed by atoms with van der Waals surface area (Å²) in [6.07, 6.45) is 11.1. The zero-order valence-corrected chi connectivity index (χ0v) is 14.2. The van der Waals surface area contributed by atoms with Crippen LogP contribution < -0.4 is 5.73 Å². The van der Waals surface area contributed by atoms with Gasteiger partial charge in [-0.25, -0.2) is 0 Å². The van der Waals surface area contributed by atoms with Crippen LogP contribution in [0.2, 0.25) is 0 Å². The molecule has 0 spiro atoms. The summed E-state index contributed by atoms with van der Waals surface area (Å²) in [4.78, 5) is 5.62. The molecule has 2 aliphatic carbocycles. The Morgan fingerprint density at radius 1 is 1.19 bits per heavy atom. The molecule has 0 aromatic carbocycles. The Bertz CT molecular complexity index is 333. The summed E-state index contributed by atoms with van der Waals surface area (Å²) in [6, 6.07) is 1.71. The number of hydrogen-bond acceptors (Lipinski definition) is 3. The molecule has 0 bridgehead atoms. The van der Waals surface area contributed by atoms with Gasteiger partial charge in [-0.15, -0.1) is 0 Å². The third-order valence-electron chi connectivity index (χ3n) is 6.13. The van der Waals surface area contributed by atoms with Gasteiger partial charge < -0.3 is 5.73 Å². The fourth-order valence-electron chi connectivity index (χ4n) is 4.58. The van der Waals surface area contributed by atoms with Gasteiger partial charge in [-0.3, -0.25) is 9.80 Å².